The van der Waals surface area contributed by atoms with Crippen LogP contribution in [-0.4, -0.2) is 38.5 Å². The van der Waals surface area contributed by atoms with E-state index in [4.69, 9.17) is 4.42 Å². The Hall–Kier alpha value is -3.07. The summed E-state index contributed by atoms with van der Waals surface area (Å²) in [6.07, 6.45) is 5.79. The van der Waals surface area contributed by atoms with Gasteiger partial charge >= 0.3 is 6.03 Å². The summed E-state index contributed by atoms with van der Waals surface area (Å²) in [6, 6.07) is 11.6. The molecule has 0 bridgehead atoms. The third kappa shape index (κ3) is 5.35. The average Bonchev–Trinajstić information content (AvgIpc) is 3.49. The number of carbonyl (C=O) groups is 2. The number of imide groups is 1. The van der Waals surface area contributed by atoms with Crippen molar-refractivity contribution in [2.75, 3.05) is 5.75 Å². The zero-order valence-corrected chi connectivity index (χ0v) is 18.2. The van der Waals surface area contributed by atoms with E-state index in [0.717, 1.165) is 42.6 Å². The molecular weight excluding hydrogens is 414 g/mol. The zero-order valence-electron chi connectivity index (χ0n) is 17.3. The first-order valence-electron chi connectivity index (χ1n) is 10.3. The number of nitrogens with one attached hydrogen (secondary N) is 2. The summed E-state index contributed by atoms with van der Waals surface area (Å²) in [4.78, 5) is 24.3. The van der Waals surface area contributed by atoms with Crippen molar-refractivity contribution in [3.8, 4) is 11.4 Å². The van der Waals surface area contributed by atoms with Gasteiger partial charge in [-0.3, -0.25) is 14.7 Å². The average molecular weight is 440 g/mol. The van der Waals surface area contributed by atoms with Crippen LogP contribution < -0.4 is 10.6 Å². The van der Waals surface area contributed by atoms with Crippen LogP contribution in [0.15, 0.2) is 52.2 Å². The Bertz CT molecular complexity index is 1040. The standard InChI is InChI=1S/C22H25N5O3S/c1-15-18(11-12-30-15)20-25-26-22(27(20)13-16-7-3-2-4-8-16)31-14-19(28)24-21(29)23-17-9-5-6-10-17/h2-4,7-8,11-12,17H,5-6,9-10,13-14H2,1H3,(H2,23,24,28,29). The number of aryl methyl sites for hydroxylation is 1. The van der Waals surface area contributed by atoms with Gasteiger partial charge in [-0.15, -0.1) is 10.2 Å². The maximum absolute atomic E-state index is 12.3. The van der Waals surface area contributed by atoms with E-state index >= 15 is 0 Å². The predicted octanol–water partition coefficient (Wildman–Crippen LogP) is 3.76. The lowest BCUT2D eigenvalue weighted by atomic mass is 10.2. The normalized spacial score (nSPS) is 14.0. The number of amides is 3. The minimum absolute atomic E-state index is 0.0649. The number of benzene rings is 1. The van der Waals surface area contributed by atoms with Gasteiger partial charge in [0.2, 0.25) is 5.91 Å². The highest BCUT2D eigenvalue weighted by molar-refractivity contribution is 7.99. The third-order valence-corrected chi connectivity index (χ3v) is 6.24. The molecular formula is C22H25N5O3S. The number of urea groups is 1. The van der Waals surface area contributed by atoms with E-state index in [1.54, 1.807) is 6.26 Å². The molecule has 3 amide bonds. The van der Waals surface area contributed by atoms with Crippen molar-refractivity contribution < 1.29 is 14.0 Å². The molecule has 0 aliphatic heterocycles. The SMILES string of the molecule is Cc1occc1-c1nnc(SCC(=O)NC(=O)NC2CCCC2)n1Cc1ccccc1. The number of carbonyl (C=O) groups excluding carboxylic acids is 2. The highest BCUT2D eigenvalue weighted by Gasteiger charge is 2.21. The molecule has 1 aliphatic rings. The van der Waals surface area contributed by atoms with Gasteiger partial charge in [-0.25, -0.2) is 4.79 Å². The molecule has 2 heterocycles. The Morgan fingerprint density at radius 1 is 1.16 bits per heavy atom. The first-order chi connectivity index (χ1) is 15.1. The lowest BCUT2D eigenvalue weighted by molar-refractivity contribution is -0.117. The fraction of sp³-hybridized carbons (Fsp3) is 0.364. The van der Waals surface area contributed by atoms with Crippen molar-refractivity contribution in [2.24, 2.45) is 0 Å². The van der Waals surface area contributed by atoms with E-state index in [-0.39, 0.29) is 17.7 Å². The Kier molecular flexibility index (Phi) is 6.71. The lowest BCUT2D eigenvalue weighted by Gasteiger charge is -2.12. The van der Waals surface area contributed by atoms with Crippen LogP contribution in [0.1, 0.15) is 37.0 Å². The van der Waals surface area contributed by atoms with E-state index in [1.165, 1.54) is 11.8 Å². The maximum Gasteiger partial charge on any atom is 0.321 e. The fourth-order valence-corrected chi connectivity index (χ4v) is 4.44. The van der Waals surface area contributed by atoms with Crippen LogP contribution in [0.2, 0.25) is 0 Å². The van der Waals surface area contributed by atoms with Crippen LogP contribution >= 0.6 is 11.8 Å². The Morgan fingerprint density at radius 2 is 1.94 bits per heavy atom. The van der Waals surface area contributed by atoms with Gasteiger partial charge in [0.05, 0.1) is 24.1 Å². The molecule has 31 heavy (non-hydrogen) atoms. The van der Waals surface area contributed by atoms with E-state index in [1.807, 2.05) is 47.9 Å². The van der Waals surface area contributed by atoms with Crippen LogP contribution in [0, 0.1) is 6.92 Å². The van der Waals surface area contributed by atoms with Gasteiger partial charge in [-0.1, -0.05) is 54.9 Å². The van der Waals surface area contributed by atoms with E-state index < -0.39 is 6.03 Å². The van der Waals surface area contributed by atoms with Crippen LogP contribution in [0.4, 0.5) is 4.79 Å². The predicted molar refractivity (Wildman–Crippen MR) is 118 cm³/mol. The molecule has 2 aromatic heterocycles. The molecule has 0 unspecified atom stereocenters. The van der Waals surface area contributed by atoms with Crippen molar-refractivity contribution in [3.05, 3.63) is 54.0 Å². The molecule has 0 saturated heterocycles. The molecule has 1 fully saturated rings. The molecule has 8 nitrogen and oxygen atoms in total. The topological polar surface area (TPSA) is 102 Å². The van der Waals surface area contributed by atoms with E-state index in [9.17, 15) is 9.59 Å². The number of nitrogens with zero attached hydrogens (tertiary/aromatic N) is 3. The molecule has 9 heteroatoms. The second-order valence-corrected chi connectivity index (χ2v) is 8.50. The van der Waals surface area contributed by atoms with Crippen LogP contribution in [0.3, 0.4) is 0 Å². The fourth-order valence-electron chi connectivity index (χ4n) is 3.70. The summed E-state index contributed by atoms with van der Waals surface area (Å²) >= 11 is 1.25. The quantitative estimate of drug-likeness (QED) is 0.544. The van der Waals surface area contributed by atoms with Gasteiger partial charge in [0, 0.05) is 6.04 Å². The summed E-state index contributed by atoms with van der Waals surface area (Å²) in [6.45, 7) is 2.43. The van der Waals surface area contributed by atoms with Crippen LogP contribution in [-0.2, 0) is 11.3 Å². The third-order valence-electron chi connectivity index (χ3n) is 5.28. The molecule has 0 spiro atoms. The van der Waals surface area contributed by atoms with Crippen molar-refractivity contribution in [2.45, 2.75) is 50.4 Å². The van der Waals surface area contributed by atoms with E-state index in [2.05, 4.69) is 20.8 Å². The van der Waals surface area contributed by atoms with Crippen LogP contribution in [0.5, 0.6) is 0 Å². The number of furan rings is 1. The van der Waals surface area contributed by atoms with Gasteiger partial charge < -0.3 is 9.73 Å². The van der Waals surface area contributed by atoms with Gasteiger partial charge in [0.1, 0.15) is 5.76 Å². The highest BCUT2D eigenvalue weighted by atomic mass is 32.2. The van der Waals surface area contributed by atoms with Crippen molar-refractivity contribution in [1.82, 2.24) is 25.4 Å². The zero-order chi connectivity index (χ0) is 21.6. The second kappa shape index (κ2) is 9.82. The Morgan fingerprint density at radius 3 is 2.65 bits per heavy atom. The van der Waals surface area contributed by atoms with Gasteiger partial charge in [-0.2, -0.15) is 0 Å². The van der Waals surface area contributed by atoms with Crippen molar-refractivity contribution in [1.29, 1.82) is 0 Å². The van der Waals surface area contributed by atoms with Gasteiger partial charge in [-0.05, 0) is 31.4 Å². The first kappa shape index (κ1) is 21.2. The molecule has 3 aromatic rings. The molecule has 1 saturated carbocycles. The largest absolute Gasteiger partial charge is 0.469 e. The van der Waals surface area contributed by atoms with Gasteiger partial charge in [0.25, 0.3) is 0 Å². The molecule has 0 radical (unpaired) electrons. The van der Waals surface area contributed by atoms with Crippen molar-refractivity contribution >= 4 is 23.7 Å². The summed E-state index contributed by atoms with van der Waals surface area (Å²) in [5.74, 6) is 1.13. The molecule has 2 N–H and O–H groups in total. The minimum atomic E-state index is -0.432. The first-order valence-corrected chi connectivity index (χ1v) is 11.3. The Labute approximate surface area is 184 Å². The number of thioether (sulfide) groups is 1. The number of rotatable bonds is 7. The lowest BCUT2D eigenvalue weighted by Crippen LogP contribution is -2.44. The number of hydrogen-bond acceptors (Lipinski definition) is 6. The maximum atomic E-state index is 12.3. The summed E-state index contributed by atoms with van der Waals surface area (Å²) in [7, 11) is 0. The molecule has 4 rings (SSSR count). The minimum Gasteiger partial charge on any atom is -0.469 e. The monoisotopic (exact) mass is 439 g/mol. The molecule has 162 valence electrons. The summed E-state index contributed by atoms with van der Waals surface area (Å²) < 4.78 is 7.40. The smallest absolute Gasteiger partial charge is 0.321 e. The molecule has 1 aromatic carbocycles. The summed E-state index contributed by atoms with van der Waals surface area (Å²) in [5.41, 5.74) is 1.95. The molecule has 1 aliphatic carbocycles. The van der Waals surface area contributed by atoms with Crippen molar-refractivity contribution in [3.63, 3.8) is 0 Å². The number of aromatic nitrogens is 3. The molecule has 0 atom stereocenters. The van der Waals surface area contributed by atoms with Crippen LogP contribution in [0.25, 0.3) is 11.4 Å². The Balaban J connectivity index is 1.44. The van der Waals surface area contributed by atoms with Gasteiger partial charge in [0.15, 0.2) is 11.0 Å². The summed E-state index contributed by atoms with van der Waals surface area (Å²) in [5, 5.41) is 14.5. The van der Waals surface area contributed by atoms with E-state index in [0.29, 0.717) is 17.5 Å². The number of hydrogen-bond donors (Lipinski definition) is 2. The highest BCUT2D eigenvalue weighted by Crippen LogP contribution is 2.28. The second-order valence-electron chi connectivity index (χ2n) is 7.56.